The number of rotatable bonds is 7. The molecule has 0 aromatic heterocycles. The molecule has 2 aromatic carbocycles. The molecule has 0 bridgehead atoms. The van der Waals surface area contributed by atoms with E-state index in [0.29, 0.717) is 17.9 Å². The molecule has 0 fully saturated rings. The first-order valence-electron chi connectivity index (χ1n) is 9.19. The summed E-state index contributed by atoms with van der Waals surface area (Å²) in [6, 6.07) is 7.16. The number of nitrogens with one attached hydrogen (secondary N) is 1. The Hall–Kier alpha value is -3.63. The van der Waals surface area contributed by atoms with Crippen LogP contribution in [0.5, 0.6) is 5.75 Å². The number of fused-ring (bicyclic) bond motifs is 1. The van der Waals surface area contributed by atoms with E-state index < -0.39 is 53.1 Å². The van der Waals surface area contributed by atoms with Crippen molar-refractivity contribution in [2.45, 2.75) is 25.4 Å². The summed E-state index contributed by atoms with van der Waals surface area (Å²) in [4.78, 5) is 33.6. The number of ether oxygens (including phenoxy) is 2. The Labute approximate surface area is 174 Å². The molecule has 0 saturated carbocycles. The molecule has 1 aliphatic carbocycles. The normalized spacial score (nSPS) is 12.7. The Balaban J connectivity index is 1.51. The van der Waals surface area contributed by atoms with E-state index >= 15 is 0 Å². The third-order valence-corrected chi connectivity index (χ3v) is 4.59. The largest absolute Gasteiger partial charge is 0.482 e. The predicted octanol–water partition coefficient (Wildman–Crippen LogP) is 3.66. The average molecular weight is 438 g/mol. The molecule has 164 valence electrons. The second-order valence-corrected chi connectivity index (χ2v) is 6.77. The lowest BCUT2D eigenvalue weighted by Crippen LogP contribution is -2.24. The van der Waals surface area contributed by atoms with Crippen LogP contribution in [0, 0.1) is 10.1 Å². The molecule has 1 N–H and O–H groups in total. The van der Waals surface area contributed by atoms with E-state index in [1.807, 2.05) is 12.1 Å². The number of alkyl halides is 3. The van der Waals surface area contributed by atoms with Crippen molar-refractivity contribution in [3.05, 3.63) is 63.2 Å². The fraction of sp³-hybridized carbons (Fsp3) is 0.300. The van der Waals surface area contributed by atoms with Crippen LogP contribution in [-0.4, -0.2) is 30.0 Å². The summed E-state index contributed by atoms with van der Waals surface area (Å²) >= 11 is 0. The number of nitro benzene ring substituents is 1. The molecular weight excluding hydrogens is 421 g/mol. The summed E-state index contributed by atoms with van der Waals surface area (Å²) in [6.07, 6.45) is -1.77. The Morgan fingerprint density at radius 3 is 2.52 bits per heavy atom. The maximum atomic E-state index is 12.7. The van der Waals surface area contributed by atoms with E-state index in [4.69, 9.17) is 9.47 Å². The number of benzene rings is 2. The average Bonchev–Trinajstić information content (AvgIpc) is 3.18. The Morgan fingerprint density at radius 2 is 1.81 bits per heavy atom. The van der Waals surface area contributed by atoms with Gasteiger partial charge in [-0.3, -0.25) is 14.9 Å². The van der Waals surface area contributed by atoms with Gasteiger partial charge in [0.2, 0.25) is 0 Å². The number of anilines is 1. The molecule has 0 spiro atoms. The van der Waals surface area contributed by atoms with Gasteiger partial charge in [0.15, 0.2) is 13.2 Å². The van der Waals surface area contributed by atoms with Crippen LogP contribution >= 0.6 is 0 Å². The van der Waals surface area contributed by atoms with Crippen molar-refractivity contribution in [3.8, 4) is 5.75 Å². The van der Waals surface area contributed by atoms with Crippen LogP contribution in [-0.2, 0) is 33.3 Å². The minimum atomic E-state index is -4.78. The number of halogens is 3. The molecule has 1 aliphatic rings. The summed E-state index contributed by atoms with van der Waals surface area (Å²) < 4.78 is 48.2. The number of carbonyl (C=O) groups is 2. The lowest BCUT2D eigenvalue weighted by atomic mass is 10.1. The third-order valence-electron chi connectivity index (χ3n) is 4.59. The molecule has 11 heteroatoms. The Kier molecular flexibility index (Phi) is 6.42. The van der Waals surface area contributed by atoms with Gasteiger partial charge >= 0.3 is 12.1 Å². The minimum absolute atomic E-state index is 0.312. The predicted molar refractivity (Wildman–Crippen MR) is 102 cm³/mol. The second kappa shape index (κ2) is 9.02. The van der Waals surface area contributed by atoms with Crippen molar-refractivity contribution in [1.82, 2.24) is 0 Å². The highest BCUT2D eigenvalue weighted by molar-refractivity contribution is 5.95. The van der Waals surface area contributed by atoms with Gasteiger partial charge in [-0.25, -0.2) is 4.79 Å². The number of aryl methyl sites for hydroxylation is 2. The number of esters is 1. The highest BCUT2D eigenvalue weighted by Crippen LogP contribution is 2.35. The van der Waals surface area contributed by atoms with Crippen LogP contribution in [0.1, 0.15) is 23.1 Å². The van der Waals surface area contributed by atoms with Gasteiger partial charge in [0.05, 0.1) is 10.5 Å². The molecule has 2 aromatic rings. The quantitative estimate of drug-likeness (QED) is 0.402. The van der Waals surface area contributed by atoms with Gasteiger partial charge in [-0.05, 0) is 54.7 Å². The van der Waals surface area contributed by atoms with Gasteiger partial charge in [-0.15, -0.1) is 0 Å². The third kappa shape index (κ3) is 5.71. The zero-order chi connectivity index (χ0) is 22.6. The number of hydrogen-bond donors (Lipinski definition) is 1. The number of carbonyl (C=O) groups excluding carboxylic acids is 2. The fourth-order valence-corrected chi connectivity index (χ4v) is 3.12. The highest BCUT2D eigenvalue weighted by Gasteiger charge is 2.33. The lowest BCUT2D eigenvalue weighted by Gasteiger charge is -2.11. The van der Waals surface area contributed by atoms with Crippen LogP contribution in [0.3, 0.4) is 0 Å². The van der Waals surface area contributed by atoms with E-state index in [-0.39, 0.29) is 0 Å². The Bertz CT molecular complexity index is 1020. The van der Waals surface area contributed by atoms with Crippen molar-refractivity contribution in [2.24, 2.45) is 0 Å². The minimum Gasteiger partial charge on any atom is -0.482 e. The van der Waals surface area contributed by atoms with Gasteiger partial charge in [-0.2, -0.15) is 13.2 Å². The van der Waals surface area contributed by atoms with Crippen molar-refractivity contribution >= 4 is 23.3 Å². The maximum absolute atomic E-state index is 12.7. The summed E-state index contributed by atoms with van der Waals surface area (Å²) in [7, 11) is 0. The van der Waals surface area contributed by atoms with Gasteiger partial charge in [-0.1, -0.05) is 6.07 Å². The molecule has 1 amide bonds. The topological polar surface area (TPSA) is 108 Å². The van der Waals surface area contributed by atoms with Gasteiger partial charge in [0, 0.05) is 6.07 Å². The van der Waals surface area contributed by atoms with E-state index in [2.05, 4.69) is 5.32 Å². The first-order valence-corrected chi connectivity index (χ1v) is 9.19. The van der Waals surface area contributed by atoms with Crippen LogP contribution in [0.15, 0.2) is 36.4 Å². The molecule has 0 heterocycles. The molecule has 3 rings (SSSR count). The van der Waals surface area contributed by atoms with E-state index in [1.165, 1.54) is 5.56 Å². The van der Waals surface area contributed by atoms with Gasteiger partial charge < -0.3 is 14.8 Å². The summed E-state index contributed by atoms with van der Waals surface area (Å²) in [5, 5.41) is 13.1. The van der Waals surface area contributed by atoms with Crippen molar-refractivity contribution in [1.29, 1.82) is 0 Å². The summed E-state index contributed by atoms with van der Waals surface area (Å²) in [5.74, 6) is -1.31. The highest BCUT2D eigenvalue weighted by atomic mass is 19.4. The van der Waals surface area contributed by atoms with Gasteiger partial charge in [0.1, 0.15) is 11.4 Å². The Morgan fingerprint density at radius 1 is 1.06 bits per heavy atom. The molecule has 0 radical (unpaired) electrons. The zero-order valence-electron chi connectivity index (χ0n) is 16.0. The van der Waals surface area contributed by atoms with Crippen LogP contribution in [0.25, 0.3) is 0 Å². The number of amides is 1. The molecule has 8 nitrogen and oxygen atoms in total. The van der Waals surface area contributed by atoms with E-state index in [0.717, 1.165) is 30.9 Å². The van der Waals surface area contributed by atoms with Crippen molar-refractivity contribution in [2.75, 3.05) is 18.5 Å². The summed E-state index contributed by atoms with van der Waals surface area (Å²) in [5.41, 5.74) is -0.220. The van der Waals surface area contributed by atoms with Gasteiger partial charge in [0.25, 0.3) is 11.6 Å². The molecular formula is C20H17F3N2O6. The van der Waals surface area contributed by atoms with Crippen LogP contribution in [0.2, 0.25) is 0 Å². The summed E-state index contributed by atoms with van der Waals surface area (Å²) in [6.45, 7) is -1.24. The molecule has 31 heavy (non-hydrogen) atoms. The first-order chi connectivity index (χ1) is 14.6. The maximum Gasteiger partial charge on any atom is 0.416 e. The number of hydrogen-bond acceptors (Lipinski definition) is 6. The smallest absolute Gasteiger partial charge is 0.416 e. The van der Waals surface area contributed by atoms with E-state index in [9.17, 15) is 32.9 Å². The number of nitrogens with zero attached hydrogens (tertiary/aromatic N) is 1. The molecule has 0 atom stereocenters. The van der Waals surface area contributed by atoms with Crippen LogP contribution in [0.4, 0.5) is 24.5 Å². The fourth-order valence-electron chi connectivity index (χ4n) is 3.12. The number of nitro groups is 1. The molecule has 0 aliphatic heterocycles. The molecule has 0 unspecified atom stereocenters. The standard InChI is InChI=1S/C20H17F3N2O6/c21-20(22,23)14-5-7-16(17(9-14)25(28)29)24-18(26)10-31-19(27)11-30-15-6-4-12-2-1-3-13(12)8-15/h4-9H,1-3,10-11H2,(H,24,26). The molecule has 0 saturated heterocycles. The second-order valence-electron chi connectivity index (χ2n) is 6.77. The lowest BCUT2D eigenvalue weighted by molar-refractivity contribution is -0.384. The van der Waals surface area contributed by atoms with Crippen LogP contribution < -0.4 is 10.1 Å². The van der Waals surface area contributed by atoms with Crippen molar-refractivity contribution in [3.63, 3.8) is 0 Å². The SMILES string of the molecule is O=C(COC(=O)COc1ccc2c(c1)CCC2)Nc1ccc(C(F)(F)F)cc1[N+](=O)[O-]. The first kappa shape index (κ1) is 22.1. The monoisotopic (exact) mass is 438 g/mol. The van der Waals surface area contributed by atoms with E-state index in [1.54, 1.807) is 6.07 Å². The zero-order valence-corrected chi connectivity index (χ0v) is 16.0. The van der Waals surface area contributed by atoms with Crippen molar-refractivity contribution < 1.29 is 37.2 Å².